The van der Waals surface area contributed by atoms with E-state index in [0.29, 0.717) is 11.5 Å². The average Bonchev–Trinajstić information content (AvgIpc) is 3.29. The molecule has 0 radical (unpaired) electrons. The molecule has 3 rings (SSSR count). The summed E-state index contributed by atoms with van der Waals surface area (Å²) in [4.78, 5) is 0. The zero-order chi connectivity index (χ0) is 24.7. The molecule has 10 heteroatoms. The zero-order valence-corrected chi connectivity index (χ0v) is 21.9. The van der Waals surface area contributed by atoms with E-state index in [1.807, 2.05) is 36.4 Å². The highest BCUT2D eigenvalue weighted by Gasteiger charge is 2.24. The predicted octanol–water partition coefficient (Wildman–Crippen LogP) is 4.10. The Labute approximate surface area is 217 Å². The van der Waals surface area contributed by atoms with E-state index in [4.69, 9.17) is 21.1 Å². The highest BCUT2D eigenvalue weighted by molar-refractivity contribution is 14.1. The van der Waals surface area contributed by atoms with E-state index in [1.54, 1.807) is 0 Å². The minimum atomic E-state index is -0.807. The minimum absolute atomic E-state index is 0.0750. The Morgan fingerprint density at radius 3 is 2.35 bits per heavy atom. The van der Waals surface area contributed by atoms with E-state index in [-0.39, 0.29) is 36.7 Å². The molecule has 2 aromatic carbocycles. The molecule has 3 aromatic rings. The lowest BCUT2D eigenvalue weighted by Crippen LogP contribution is -2.24. The average molecular weight is 603 g/mol. The maximum Gasteiger partial charge on any atom is 0.135 e. The molecule has 0 unspecified atom stereocenters. The third kappa shape index (κ3) is 7.03. The van der Waals surface area contributed by atoms with Crippen LogP contribution in [0.5, 0.6) is 11.5 Å². The number of aliphatic hydroxyl groups excluding tert-OH is 2. The third-order valence-electron chi connectivity index (χ3n) is 5.40. The van der Waals surface area contributed by atoms with Gasteiger partial charge in [0.1, 0.15) is 49.3 Å². The molecule has 184 valence electrons. The van der Waals surface area contributed by atoms with Crippen LogP contribution in [0, 0.1) is 3.57 Å². The highest BCUT2D eigenvalue weighted by atomic mass is 127. The maximum atomic E-state index is 12.6. The Balaban J connectivity index is 1.59. The summed E-state index contributed by atoms with van der Waals surface area (Å²) in [5, 5.41) is 27.2. The fourth-order valence-electron chi connectivity index (χ4n) is 3.32. The molecule has 0 fully saturated rings. The second kappa shape index (κ2) is 12.1. The Morgan fingerprint density at radius 2 is 1.74 bits per heavy atom. The molecule has 0 bridgehead atoms. The summed E-state index contributed by atoms with van der Waals surface area (Å²) in [6.45, 7) is 3.98. The van der Waals surface area contributed by atoms with Crippen LogP contribution in [0.3, 0.4) is 0 Å². The SMILES string of the molecule is CC(C)(c1ccc(OC[C@@H](O)Cn2cc(C[18F])nn2)cc1)c1ccc(OC[C@@H](O)CCl)c(I)c1. The molecular formula is C24H28ClFIN3O4. The first kappa shape index (κ1) is 26.7. The number of ether oxygens (including phenoxy) is 2. The van der Waals surface area contributed by atoms with E-state index >= 15 is 0 Å². The maximum absolute atomic E-state index is 12.6. The first-order valence-electron chi connectivity index (χ1n) is 10.8. The molecule has 34 heavy (non-hydrogen) atoms. The largest absolute Gasteiger partial charge is 0.491 e. The first-order chi connectivity index (χ1) is 16.2. The van der Waals surface area contributed by atoms with Gasteiger partial charge in [0.2, 0.25) is 0 Å². The van der Waals surface area contributed by atoms with Crippen LogP contribution in [0.15, 0.2) is 48.7 Å². The lowest BCUT2D eigenvalue weighted by atomic mass is 9.78. The van der Waals surface area contributed by atoms with Gasteiger partial charge in [-0.25, -0.2) is 9.07 Å². The molecule has 2 atom stereocenters. The van der Waals surface area contributed by atoms with E-state index in [0.717, 1.165) is 14.7 Å². The van der Waals surface area contributed by atoms with Gasteiger partial charge in [-0.2, -0.15) is 0 Å². The molecule has 0 amide bonds. The van der Waals surface area contributed by atoms with Crippen molar-refractivity contribution in [1.82, 2.24) is 15.0 Å². The fraction of sp³-hybridized carbons (Fsp3) is 0.417. The van der Waals surface area contributed by atoms with Gasteiger partial charge in [-0.3, -0.25) is 0 Å². The van der Waals surface area contributed by atoms with Crippen LogP contribution in [-0.4, -0.2) is 56.5 Å². The number of halogens is 3. The number of alkyl halides is 2. The fourth-order valence-corrected chi connectivity index (χ4v) is 4.08. The Morgan fingerprint density at radius 1 is 1.06 bits per heavy atom. The number of benzene rings is 2. The molecule has 0 spiro atoms. The number of rotatable bonds is 12. The van der Waals surface area contributed by atoms with Crippen molar-refractivity contribution in [2.45, 2.75) is 44.7 Å². The molecule has 0 aliphatic carbocycles. The second-order valence-corrected chi connectivity index (χ2v) is 9.91. The van der Waals surface area contributed by atoms with Gasteiger partial charge in [-0.05, 0) is 58.0 Å². The number of hydrogen-bond donors (Lipinski definition) is 2. The monoisotopic (exact) mass is 602 g/mol. The number of nitrogens with zero attached hydrogens (tertiary/aromatic N) is 3. The van der Waals surface area contributed by atoms with Gasteiger partial charge in [-0.1, -0.05) is 37.3 Å². The van der Waals surface area contributed by atoms with Crippen molar-refractivity contribution in [2.75, 3.05) is 19.1 Å². The van der Waals surface area contributed by atoms with Crippen molar-refractivity contribution in [2.24, 2.45) is 0 Å². The Bertz CT molecular complexity index is 1060. The van der Waals surface area contributed by atoms with Gasteiger partial charge in [0.15, 0.2) is 0 Å². The van der Waals surface area contributed by atoms with Gasteiger partial charge in [0, 0.05) is 5.41 Å². The Kier molecular flexibility index (Phi) is 9.52. The highest BCUT2D eigenvalue weighted by Crippen LogP contribution is 2.35. The first-order valence-corrected chi connectivity index (χ1v) is 12.4. The van der Waals surface area contributed by atoms with Crippen molar-refractivity contribution in [1.29, 1.82) is 0 Å². The van der Waals surface area contributed by atoms with Crippen LogP contribution < -0.4 is 9.47 Å². The zero-order valence-electron chi connectivity index (χ0n) is 19.0. The Hall–Kier alpha value is -1.95. The summed E-state index contributed by atoms with van der Waals surface area (Å²) in [5.41, 5.74) is 2.18. The lowest BCUT2D eigenvalue weighted by Gasteiger charge is -2.27. The number of hydrogen-bond acceptors (Lipinski definition) is 6. The molecular weight excluding hydrogens is 575 g/mol. The minimum Gasteiger partial charge on any atom is -0.491 e. The van der Waals surface area contributed by atoms with Crippen LogP contribution >= 0.6 is 34.2 Å². The second-order valence-electron chi connectivity index (χ2n) is 8.44. The smallest absolute Gasteiger partial charge is 0.135 e. The summed E-state index contributed by atoms with van der Waals surface area (Å²) >= 11 is 7.85. The van der Waals surface area contributed by atoms with Crippen LogP contribution in [0.4, 0.5) is 4.39 Å². The summed E-state index contributed by atoms with van der Waals surface area (Å²) in [5.74, 6) is 1.47. The van der Waals surface area contributed by atoms with Crippen molar-refractivity contribution >= 4 is 34.2 Å². The molecule has 1 aromatic heterocycles. The van der Waals surface area contributed by atoms with E-state index in [1.165, 1.54) is 10.9 Å². The van der Waals surface area contributed by atoms with Crippen LogP contribution in [-0.2, 0) is 18.6 Å². The van der Waals surface area contributed by atoms with Gasteiger partial charge in [-0.15, -0.1) is 16.7 Å². The van der Waals surface area contributed by atoms with E-state index < -0.39 is 18.9 Å². The summed E-state index contributed by atoms with van der Waals surface area (Å²) in [6, 6.07) is 13.7. The summed E-state index contributed by atoms with van der Waals surface area (Å²) < 4.78 is 26.3. The van der Waals surface area contributed by atoms with Gasteiger partial charge in [0.05, 0.1) is 22.2 Å². The predicted molar refractivity (Wildman–Crippen MR) is 136 cm³/mol. The molecule has 2 N–H and O–H groups in total. The molecule has 1 heterocycles. The molecule has 0 aliphatic rings. The summed E-state index contributed by atoms with van der Waals surface area (Å²) in [7, 11) is 0. The van der Waals surface area contributed by atoms with Crippen molar-refractivity contribution in [3.63, 3.8) is 0 Å². The van der Waals surface area contributed by atoms with Gasteiger partial charge in [0.25, 0.3) is 0 Å². The number of aliphatic hydroxyl groups is 2. The quantitative estimate of drug-likeness (QED) is 0.240. The van der Waals surface area contributed by atoms with Crippen molar-refractivity contribution < 1.29 is 24.1 Å². The van der Waals surface area contributed by atoms with Crippen molar-refractivity contribution in [3.05, 3.63) is 69.1 Å². The van der Waals surface area contributed by atoms with Crippen LogP contribution in [0.2, 0.25) is 0 Å². The summed E-state index contributed by atoms with van der Waals surface area (Å²) in [6.07, 6.45) is -0.0470. The molecule has 7 nitrogen and oxygen atoms in total. The number of aromatic nitrogens is 3. The molecule has 0 saturated heterocycles. The molecule has 0 saturated carbocycles. The van der Waals surface area contributed by atoms with Gasteiger partial charge >= 0.3 is 0 Å². The lowest BCUT2D eigenvalue weighted by molar-refractivity contribution is 0.0888. The van der Waals surface area contributed by atoms with Gasteiger partial charge < -0.3 is 19.7 Å². The third-order valence-corrected chi connectivity index (χ3v) is 6.60. The topological polar surface area (TPSA) is 89.6 Å². The van der Waals surface area contributed by atoms with Crippen LogP contribution in [0.1, 0.15) is 30.7 Å². The van der Waals surface area contributed by atoms with E-state index in [2.05, 4.69) is 52.8 Å². The van der Waals surface area contributed by atoms with Crippen LogP contribution in [0.25, 0.3) is 0 Å². The molecule has 0 aliphatic heterocycles. The van der Waals surface area contributed by atoms with E-state index in [9.17, 15) is 14.6 Å². The van der Waals surface area contributed by atoms with Crippen molar-refractivity contribution in [3.8, 4) is 11.5 Å². The standard InChI is InChI=1S/C24H28ClFIN3O4/c1-24(2,17-5-8-23(22(27)9-17)34-14-19(31)10-25)16-3-6-21(7-4-16)33-15-20(32)13-30-12-18(11-26)28-29-30/h3-9,12,19-20,31-32H,10-11,13-15H2,1-2H3/t19-,20-/m0/s1/i26-1. The normalized spacial score (nSPS) is 13.5.